The summed E-state index contributed by atoms with van der Waals surface area (Å²) in [6.07, 6.45) is 2.41. The molecule has 2 atom stereocenters. The Hall–Kier alpha value is -1.06. The smallest absolute Gasteiger partial charge is 0.225 e. The van der Waals surface area contributed by atoms with E-state index in [-0.39, 0.29) is 23.7 Å². The van der Waals surface area contributed by atoms with Gasteiger partial charge in [-0.1, -0.05) is 0 Å². The van der Waals surface area contributed by atoms with Crippen LogP contribution in [0.2, 0.25) is 0 Å². The molecule has 0 saturated heterocycles. The summed E-state index contributed by atoms with van der Waals surface area (Å²) >= 11 is 0. The van der Waals surface area contributed by atoms with Crippen LogP contribution in [-0.2, 0) is 9.59 Å². The minimum atomic E-state index is 0.0499. The average molecular weight is 212 g/mol. The molecule has 1 rings (SSSR count). The van der Waals surface area contributed by atoms with E-state index in [1.807, 2.05) is 0 Å². The third-order valence-electron chi connectivity index (χ3n) is 3.01. The number of rotatable bonds is 2. The van der Waals surface area contributed by atoms with Crippen LogP contribution in [0, 0.1) is 11.8 Å². The van der Waals surface area contributed by atoms with Crippen molar-refractivity contribution in [2.75, 3.05) is 28.2 Å². The Labute approximate surface area is 91.2 Å². The van der Waals surface area contributed by atoms with Gasteiger partial charge in [0.15, 0.2) is 0 Å². The van der Waals surface area contributed by atoms with Gasteiger partial charge in [0.1, 0.15) is 0 Å². The zero-order valence-electron chi connectivity index (χ0n) is 9.99. The first-order chi connectivity index (χ1) is 6.93. The molecule has 0 unspecified atom stereocenters. The van der Waals surface area contributed by atoms with Crippen LogP contribution < -0.4 is 0 Å². The van der Waals surface area contributed by atoms with E-state index >= 15 is 0 Å². The molecular formula is C11H20N2O2. The SMILES string of the molecule is CN(C)C(=O)[C@H]1CC[C@H](C(=O)N(C)C)C1. The van der Waals surface area contributed by atoms with Crippen molar-refractivity contribution in [1.29, 1.82) is 0 Å². The van der Waals surface area contributed by atoms with Crippen molar-refractivity contribution in [2.24, 2.45) is 11.8 Å². The molecule has 0 aromatic carbocycles. The molecular weight excluding hydrogens is 192 g/mol. The molecule has 0 heterocycles. The molecule has 0 spiro atoms. The summed E-state index contributed by atoms with van der Waals surface area (Å²) in [4.78, 5) is 26.6. The fraction of sp³-hybridized carbons (Fsp3) is 0.818. The minimum absolute atomic E-state index is 0.0499. The van der Waals surface area contributed by atoms with Crippen LogP contribution in [0.25, 0.3) is 0 Å². The van der Waals surface area contributed by atoms with Gasteiger partial charge >= 0.3 is 0 Å². The van der Waals surface area contributed by atoms with Crippen molar-refractivity contribution >= 4 is 11.8 Å². The zero-order chi connectivity index (χ0) is 11.6. The number of carbonyl (C=O) groups excluding carboxylic acids is 2. The molecule has 1 aliphatic carbocycles. The Kier molecular flexibility index (Phi) is 3.72. The second-order valence-electron chi connectivity index (χ2n) is 4.67. The van der Waals surface area contributed by atoms with Gasteiger partial charge in [-0.25, -0.2) is 0 Å². The molecule has 1 fully saturated rings. The van der Waals surface area contributed by atoms with Gasteiger partial charge in [-0.05, 0) is 19.3 Å². The van der Waals surface area contributed by atoms with Crippen LogP contribution in [0.1, 0.15) is 19.3 Å². The number of hydrogen-bond acceptors (Lipinski definition) is 2. The van der Waals surface area contributed by atoms with Gasteiger partial charge in [0, 0.05) is 40.0 Å². The Morgan fingerprint density at radius 3 is 1.47 bits per heavy atom. The molecule has 0 aromatic heterocycles. The minimum Gasteiger partial charge on any atom is -0.349 e. The van der Waals surface area contributed by atoms with Gasteiger partial charge in [0.2, 0.25) is 11.8 Å². The van der Waals surface area contributed by atoms with Crippen molar-refractivity contribution < 1.29 is 9.59 Å². The largest absolute Gasteiger partial charge is 0.349 e. The van der Waals surface area contributed by atoms with Crippen LogP contribution in [0.5, 0.6) is 0 Å². The number of hydrogen-bond donors (Lipinski definition) is 0. The molecule has 0 N–H and O–H groups in total. The van der Waals surface area contributed by atoms with E-state index in [1.54, 1.807) is 38.0 Å². The molecule has 0 aliphatic heterocycles. The normalized spacial score (nSPS) is 25.1. The monoisotopic (exact) mass is 212 g/mol. The first kappa shape index (κ1) is 12.0. The Bertz CT molecular complexity index is 235. The van der Waals surface area contributed by atoms with Crippen LogP contribution in [-0.4, -0.2) is 49.8 Å². The van der Waals surface area contributed by atoms with Crippen LogP contribution in [0.3, 0.4) is 0 Å². The molecule has 0 aromatic rings. The summed E-state index contributed by atoms with van der Waals surface area (Å²) < 4.78 is 0. The molecule has 86 valence electrons. The standard InChI is InChI=1S/C11H20N2O2/c1-12(2)10(14)8-5-6-9(7-8)11(15)13(3)4/h8-9H,5-7H2,1-4H3/t8-,9-/m0/s1. The van der Waals surface area contributed by atoms with E-state index in [0.717, 1.165) is 12.8 Å². The molecule has 4 nitrogen and oxygen atoms in total. The summed E-state index contributed by atoms with van der Waals surface area (Å²) in [7, 11) is 7.07. The quantitative estimate of drug-likeness (QED) is 0.672. The number of nitrogens with zero attached hydrogens (tertiary/aromatic N) is 2. The lowest BCUT2D eigenvalue weighted by atomic mass is 10.0. The third kappa shape index (κ3) is 2.70. The van der Waals surface area contributed by atoms with Crippen molar-refractivity contribution in [1.82, 2.24) is 9.80 Å². The fourth-order valence-corrected chi connectivity index (χ4v) is 2.16. The Morgan fingerprint density at radius 2 is 1.20 bits per heavy atom. The average Bonchev–Trinajstić information content (AvgIpc) is 2.63. The van der Waals surface area contributed by atoms with Gasteiger partial charge in [-0.3, -0.25) is 9.59 Å². The second kappa shape index (κ2) is 4.64. The Balaban J connectivity index is 2.53. The van der Waals surface area contributed by atoms with E-state index in [1.165, 1.54) is 0 Å². The van der Waals surface area contributed by atoms with Crippen molar-refractivity contribution in [3.8, 4) is 0 Å². The summed E-state index contributed by atoms with van der Waals surface area (Å²) in [6.45, 7) is 0. The van der Waals surface area contributed by atoms with E-state index in [9.17, 15) is 9.59 Å². The second-order valence-corrected chi connectivity index (χ2v) is 4.67. The summed E-state index contributed by atoms with van der Waals surface area (Å²) in [6, 6.07) is 0. The highest BCUT2D eigenvalue weighted by atomic mass is 16.2. The predicted molar refractivity (Wildman–Crippen MR) is 58.2 cm³/mol. The predicted octanol–water partition coefficient (Wildman–Crippen LogP) is 0.579. The van der Waals surface area contributed by atoms with Gasteiger partial charge in [0.05, 0.1) is 0 Å². The van der Waals surface area contributed by atoms with Gasteiger partial charge in [-0.15, -0.1) is 0 Å². The highest BCUT2D eigenvalue weighted by molar-refractivity contribution is 5.82. The maximum Gasteiger partial charge on any atom is 0.225 e. The highest BCUT2D eigenvalue weighted by Gasteiger charge is 2.34. The van der Waals surface area contributed by atoms with Crippen molar-refractivity contribution in [2.45, 2.75) is 19.3 Å². The summed E-state index contributed by atoms with van der Waals surface area (Å²) in [5.41, 5.74) is 0. The van der Waals surface area contributed by atoms with Crippen molar-refractivity contribution in [3.63, 3.8) is 0 Å². The summed E-state index contributed by atoms with van der Waals surface area (Å²) in [5.74, 6) is 0.413. The van der Waals surface area contributed by atoms with Crippen LogP contribution >= 0.6 is 0 Å². The Morgan fingerprint density at radius 1 is 0.867 bits per heavy atom. The van der Waals surface area contributed by atoms with E-state index in [0.29, 0.717) is 6.42 Å². The molecule has 2 amide bonds. The van der Waals surface area contributed by atoms with Crippen LogP contribution in [0.15, 0.2) is 0 Å². The van der Waals surface area contributed by atoms with Crippen LogP contribution in [0.4, 0.5) is 0 Å². The zero-order valence-corrected chi connectivity index (χ0v) is 9.99. The molecule has 0 bridgehead atoms. The van der Waals surface area contributed by atoms with E-state index in [2.05, 4.69) is 0 Å². The van der Waals surface area contributed by atoms with Gasteiger partial charge in [0.25, 0.3) is 0 Å². The fourth-order valence-electron chi connectivity index (χ4n) is 2.16. The molecule has 0 radical (unpaired) electrons. The van der Waals surface area contributed by atoms with Crippen molar-refractivity contribution in [3.05, 3.63) is 0 Å². The lowest BCUT2D eigenvalue weighted by molar-refractivity contribution is -0.134. The summed E-state index contributed by atoms with van der Waals surface area (Å²) in [5, 5.41) is 0. The lowest BCUT2D eigenvalue weighted by Crippen LogP contribution is -2.31. The maximum atomic E-state index is 11.7. The lowest BCUT2D eigenvalue weighted by Gasteiger charge is -2.17. The molecule has 1 aliphatic rings. The first-order valence-corrected chi connectivity index (χ1v) is 5.35. The number of amides is 2. The van der Waals surface area contributed by atoms with E-state index in [4.69, 9.17) is 0 Å². The van der Waals surface area contributed by atoms with E-state index < -0.39 is 0 Å². The first-order valence-electron chi connectivity index (χ1n) is 5.35. The third-order valence-corrected chi connectivity index (χ3v) is 3.01. The van der Waals surface area contributed by atoms with Gasteiger partial charge in [-0.2, -0.15) is 0 Å². The topological polar surface area (TPSA) is 40.6 Å². The number of carbonyl (C=O) groups is 2. The van der Waals surface area contributed by atoms with Gasteiger partial charge < -0.3 is 9.80 Å². The molecule has 1 saturated carbocycles. The maximum absolute atomic E-state index is 11.7. The highest BCUT2D eigenvalue weighted by Crippen LogP contribution is 2.32. The molecule has 15 heavy (non-hydrogen) atoms. The molecule has 4 heteroatoms.